The first-order chi connectivity index (χ1) is 5.12. The zero-order valence-electron chi connectivity index (χ0n) is 8.48. The number of hydrogen-bond donors (Lipinski definition) is 0. The Kier molecular flexibility index (Phi) is 5.27. The summed E-state index contributed by atoms with van der Waals surface area (Å²) in [6, 6.07) is 0. The molecular formula is C11H22. The molecule has 1 aliphatic rings. The van der Waals surface area contributed by atoms with Crippen molar-refractivity contribution in [3.63, 3.8) is 0 Å². The predicted octanol–water partition coefficient (Wildman–Crippen LogP) is 4.17. The van der Waals surface area contributed by atoms with Gasteiger partial charge in [0.25, 0.3) is 0 Å². The zero-order chi connectivity index (χ0) is 8.74. The maximum Gasteiger partial charge on any atom is -0.0299 e. The van der Waals surface area contributed by atoms with Crippen molar-refractivity contribution in [2.45, 2.75) is 53.4 Å². The summed E-state index contributed by atoms with van der Waals surface area (Å²) in [6.45, 7) is 8.91. The molecule has 0 amide bonds. The van der Waals surface area contributed by atoms with Gasteiger partial charge in [0.05, 0.1) is 0 Å². The highest BCUT2D eigenvalue weighted by Gasteiger charge is 2.16. The number of rotatable bonds is 0. The molecule has 0 aromatic rings. The lowest BCUT2D eigenvalue weighted by Gasteiger charge is -2.24. The van der Waals surface area contributed by atoms with Crippen LogP contribution in [0, 0.1) is 5.41 Å². The minimum Gasteiger partial charge on any atom is -0.0885 e. The van der Waals surface area contributed by atoms with Crippen molar-refractivity contribution in [1.29, 1.82) is 0 Å². The lowest BCUT2D eigenvalue weighted by atomic mass is 9.81. The van der Waals surface area contributed by atoms with Gasteiger partial charge in [-0.2, -0.15) is 0 Å². The smallest absolute Gasteiger partial charge is 0.0299 e. The highest BCUT2D eigenvalue weighted by Crippen LogP contribution is 2.30. The maximum atomic E-state index is 2.33. The van der Waals surface area contributed by atoms with Crippen LogP contribution >= 0.6 is 0 Å². The molecule has 1 aliphatic carbocycles. The molecule has 0 saturated heterocycles. The Hall–Kier alpha value is -0.260. The second-order valence-electron chi connectivity index (χ2n) is 4.09. The van der Waals surface area contributed by atoms with Gasteiger partial charge in [-0.05, 0) is 24.7 Å². The van der Waals surface area contributed by atoms with E-state index in [1.54, 1.807) is 0 Å². The molecule has 0 saturated carbocycles. The van der Waals surface area contributed by atoms with Crippen molar-refractivity contribution in [2.75, 3.05) is 0 Å². The van der Waals surface area contributed by atoms with E-state index in [0.717, 1.165) is 0 Å². The molecule has 11 heavy (non-hydrogen) atoms. The van der Waals surface area contributed by atoms with Crippen LogP contribution in [-0.2, 0) is 0 Å². The van der Waals surface area contributed by atoms with Gasteiger partial charge in [0.15, 0.2) is 0 Å². The van der Waals surface area contributed by atoms with Crippen LogP contribution in [0.15, 0.2) is 12.2 Å². The minimum absolute atomic E-state index is 0.592. The molecule has 0 spiro atoms. The zero-order valence-corrected chi connectivity index (χ0v) is 8.48. The van der Waals surface area contributed by atoms with Gasteiger partial charge in [0, 0.05) is 0 Å². The molecule has 0 heteroatoms. The third kappa shape index (κ3) is 6.15. The molecule has 0 aliphatic heterocycles. The van der Waals surface area contributed by atoms with Crippen molar-refractivity contribution >= 4 is 0 Å². The summed E-state index contributed by atoms with van der Waals surface area (Å²) < 4.78 is 0. The molecule has 0 atom stereocenters. The summed E-state index contributed by atoms with van der Waals surface area (Å²) in [5, 5.41) is 0. The highest BCUT2D eigenvalue weighted by atomic mass is 14.2. The molecule has 0 N–H and O–H groups in total. The van der Waals surface area contributed by atoms with Gasteiger partial charge in [0.1, 0.15) is 0 Å². The fraction of sp³-hybridized carbons (Fsp3) is 0.818. The van der Waals surface area contributed by atoms with Crippen molar-refractivity contribution in [3.8, 4) is 0 Å². The fourth-order valence-electron chi connectivity index (χ4n) is 1.10. The Bertz CT molecular complexity index is 109. The van der Waals surface area contributed by atoms with Crippen LogP contribution in [0.3, 0.4) is 0 Å². The van der Waals surface area contributed by atoms with E-state index in [0.29, 0.717) is 5.41 Å². The largest absolute Gasteiger partial charge is 0.0885 e. The highest BCUT2D eigenvalue weighted by molar-refractivity contribution is 4.93. The second kappa shape index (κ2) is 5.40. The topological polar surface area (TPSA) is 0 Å². The van der Waals surface area contributed by atoms with Gasteiger partial charge in [-0.1, -0.05) is 46.3 Å². The summed E-state index contributed by atoms with van der Waals surface area (Å²) >= 11 is 0. The van der Waals surface area contributed by atoms with Crippen molar-refractivity contribution in [2.24, 2.45) is 5.41 Å². The normalized spacial score (nSPS) is 20.4. The third-order valence-electron chi connectivity index (χ3n) is 1.82. The Morgan fingerprint density at radius 3 is 1.91 bits per heavy atom. The summed E-state index contributed by atoms with van der Waals surface area (Å²) in [4.78, 5) is 0. The van der Waals surface area contributed by atoms with Gasteiger partial charge in [-0.25, -0.2) is 0 Å². The molecule has 1 rings (SSSR count). The van der Waals surface area contributed by atoms with Crippen LogP contribution in [0.4, 0.5) is 0 Å². The maximum absolute atomic E-state index is 2.33. The number of hydrogen-bond acceptors (Lipinski definition) is 0. The van der Waals surface area contributed by atoms with Crippen LogP contribution in [-0.4, -0.2) is 0 Å². The molecule has 0 aromatic carbocycles. The predicted molar refractivity (Wildman–Crippen MR) is 52.7 cm³/mol. The SMILES string of the molecule is CC1(C)CC=CCC1.CCC. The fourth-order valence-corrected chi connectivity index (χ4v) is 1.10. The Labute approximate surface area is 71.7 Å². The lowest BCUT2D eigenvalue weighted by molar-refractivity contribution is 0.331. The lowest BCUT2D eigenvalue weighted by Crippen LogP contribution is -2.11. The van der Waals surface area contributed by atoms with E-state index in [1.807, 2.05) is 0 Å². The van der Waals surface area contributed by atoms with E-state index in [-0.39, 0.29) is 0 Å². The van der Waals surface area contributed by atoms with E-state index in [1.165, 1.54) is 25.7 Å². The van der Waals surface area contributed by atoms with E-state index in [2.05, 4.69) is 39.8 Å². The number of allylic oxidation sites excluding steroid dienone is 2. The minimum atomic E-state index is 0.592. The Morgan fingerprint density at radius 2 is 1.73 bits per heavy atom. The Balaban J connectivity index is 0.000000292. The quantitative estimate of drug-likeness (QED) is 0.459. The summed E-state index contributed by atoms with van der Waals surface area (Å²) in [5.41, 5.74) is 0.592. The molecule has 0 unspecified atom stereocenters. The van der Waals surface area contributed by atoms with Crippen molar-refractivity contribution in [1.82, 2.24) is 0 Å². The Morgan fingerprint density at radius 1 is 1.18 bits per heavy atom. The summed E-state index contributed by atoms with van der Waals surface area (Å²) in [5.74, 6) is 0. The standard InChI is InChI=1S/C8H14.C3H8/c1-8(2)6-4-3-5-7-8;1-3-2/h3-4H,5-7H2,1-2H3;3H2,1-2H3. The second-order valence-corrected chi connectivity index (χ2v) is 4.09. The van der Waals surface area contributed by atoms with Crippen molar-refractivity contribution in [3.05, 3.63) is 12.2 Å². The van der Waals surface area contributed by atoms with Gasteiger partial charge in [-0.3, -0.25) is 0 Å². The van der Waals surface area contributed by atoms with Crippen LogP contribution in [0.1, 0.15) is 53.4 Å². The molecule has 0 nitrogen and oxygen atoms in total. The van der Waals surface area contributed by atoms with Crippen LogP contribution in [0.25, 0.3) is 0 Å². The monoisotopic (exact) mass is 154 g/mol. The molecule has 0 fully saturated rings. The van der Waals surface area contributed by atoms with Gasteiger partial charge in [-0.15, -0.1) is 0 Å². The average molecular weight is 154 g/mol. The molecular weight excluding hydrogens is 132 g/mol. The summed E-state index contributed by atoms with van der Waals surface area (Å²) in [7, 11) is 0. The van der Waals surface area contributed by atoms with Crippen LogP contribution in [0.2, 0.25) is 0 Å². The average Bonchev–Trinajstić information content (AvgIpc) is 1.88. The molecule has 66 valence electrons. The van der Waals surface area contributed by atoms with E-state index < -0.39 is 0 Å². The van der Waals surface area contributed by atoms with Gasteiger partial charge < -0.3 is 0 Å². The molecule has 0 heterocycles. The first kappa shape index (κ1) is 10.7. The van der Waals surface area contributed by atoms with Crippen LogP contribution in [0.5, 0.6) is 0 Å². The van der Waals surface area contributed by atoms with Crippen LogP contribution < -0.4 is 0 Å². The van der Waals surface area contributed by atoms with Gasteiger partial charge in [0.2, 0.25) is 0 Å². The molecule has 0 aromatic heterocycles. The first-order valence-corrected chi connectivity index (χ1v) is 4.77. The molecule has 0 bridgehead atoms. The van der Waals surface area contributed by atoms with E-state index >= 15 is 0 Å². The van der Waals surface area contributed by atoms with Crippen molar-refractivity contribution < 1.29 is 0 Å². The van der Waals surface area contributed by atoms with Gasteiger partial charge >= 0.3 is 0 Å². The summed E-state index contributed by atoms with van der Waals surface area (Å²) in [6.07, 6.45) is 9.75. The first-order valence-electron chi connectivity index (χ1n) is 4.77. The third-order valence-corrected chi connectivity index (χ3v) is 1.82. The molecule has 0 radical (unpaired) electrons. The van der Waals surface area contributed by atoms with E-state index in [9.17, 15) is 0 Å². The van der Waals surface area contributed by atoms with E-state index in [4.69, 9.17) is 0 Å².